The molecule has 5 nitrogen and oxygen atoms in total. The predicted octanol–water partition coefficient (Wildman–Crippen LogP) is 1.47. The van der Waals surface area contributed by atoms with Gasteiger partial charge in [0.25, 0.3) is 0 Å². The topological polar surface area (TPSA) is 81.4 Å². The number of ether oxygens (including phenoxy) is 1. The van der Waals surface area contributed by atoms with Gasteiger partial charge in [0.2, 0.25) is 10.0 Å². The summed E-state index contributed by atoms with van der Waals surface area (Å²) in [6.45, 7) is 7.54. The van der Waals surface area contributed by atoms with Crippen LogP contribution in [-0.4, -0.2) is 28.2 Å². The van der Waals surface area contributed by atoms with Gasteiger partial charge in [-0.25, -0.2) is 13.1 Å². The van der Waals surface area contributed by atoms with Crippen molar-refractivity contribution in [3.8, 4) is 0 Å². The van der Waals surface area contributed by atoms with Gasteiger partial charge in [-0.05, 0) is 49.9 Å². The van der Waals surface area contributed by atoms with E-state index in [9.17, 15) is 8.42 Å². The number of nitrogens with one attached hydrogen (secondary N) is 1. The largest absolute Gasteiger partial charge is 0.382 e. The zero-order chi connectivity index (χ0) is 15.2. The molecule has 0 saturated heterocycles. The summed E-state index contributed by atoms with van der Waals surface area (Å²) < 4.78 is 32.3. The predicted molar refractivity (Wildman–Crippen MR) is 80.1 cm³/mol. The van der Waals surface area contributed by atoms with Gasteiger partial charge in [-0.3, -0.25) is 0 Å². The summed E-state index contributed by atoms with van der Waals surface area (Å²) in [7, 11) is -3.49. The van der Waals surface area contributed by atoms with Gasteiger partial charge in [-0.2, -0.15) is 0 Å². The van der Waals surface area contributed by atoms with Crippen LogP contribution in [0.4, 0.5) is 0 Å². The Balaban J connectivity index is 2.82. The standard InChI is InChI=1S/C14H24N2O3S/c1-4-19-7-5-6-16-20(17,18)14-9-13(10-15)11(2)8-12(14)3/h8-9,16H,4-7,10,15H2,1-3H3. The molecule has 0 bridgehead atoms. The minimum atomic E-state index is -3.49. The molecule has 6 heteroatoms. The molecule has 0 fully saturated rings. The minimum absolute atomic E-state index is 0.306. The van der Waals surface area contributed by atoms with Crippen LogP contribution in [0.1, 0.15) is 30.0 Å². The number of hydrogen-bond acceptors (Lipinski definition) is 4. The van der Waals surface area contributed by atoms with Crippen LogP contribution in [-0.2, 0) is 21.3 Å². The average molecular weight is 300 g/mol. The maximum absolute atomic E-state index is 12.3. The molecular formula is C14H24N2O3S. The van der Waals surface area contributed by atoms with Crippen LogP contribution < -0.4 is 10.5 Å². The van der Waals surface area contributed by atoms with Gasteiger partial charge in [-0.15, -0.1) is 0 Å². The third-order valence-electron chi connectivity index (χ3n) is 3.10. The number of nitrogens with two attached hydrogens (primary N) is 1. The van der Waals surface area contributed by atoms with E-state index in [2.05, 4.69) is 4.72 Å². The van der Waals surface area contributed by atoms with Crippen molar-refractivity contribution in [1.82, 2.24) is 4.72 Å². The van der Waals surface area contributed by atoms with Gasteiger partial charge >= 0.3 is 0 Å². The highest BCUT2D eigenvalue weighted by Crippen LogP contribution is 2.20. The molecular weight excluding hydrogens is 276 g/mol. The van der Waals surface area contributed by atoms with E-state index in [4.69, 9.17) is 10.5 Å². The molecule has 0 aliphatic carbocycles. The molecule has 3 N–H and O–H groups in total. The van der Waals surface area contributed by atoms with Gasteiger partial charge < -0.3 is 10.5 Å². The number of aryl methyl sites for hydroxylation is 2. The molecule has 0 heterocycles. The molecule has 0 spiro atoms. The monoisotopic (exact) mass is 300 g/mol. The minimum Gasteiger partial charge on any atom is -0.382 e. The lowest BCUT2D eigenvalue weighted by molar-refractivity contribution is 0.146. The van der Waals surface area contributed by atoms with Crippen molar-refractivity contribution in [3.63, 3.8) is 0 Å². The average Bonchev–Trinajstić information content (AvgIpc) is 2.38. The Bertz CT molecular complexity index is 542. The quantitative estimate of drug-likeness (QED) is 0.712. The molecule has 0 aliphatic rings. The highest BCUT2D eigenvalue weighted by atomic mass is 32.2. The van der Waals surface area contributed by atoms with E-state index in [1.54, 1.807) is 13.0 Å². The van der Waals surface area contributed by atoms with Gasteiger partial charge in [-0.1, -0.05) is 6.07 Å². The fourth-order valence-electron chi connectivity index (χ4n) is 1.99. The molecule has 1 aromatic rings. The van der Waals surface area contributed by atoms with Crippen LogP contribution in [0.5, 0.6) is 0 Å². The number of hydrogen-bond donors (Lipinski definition) is 2. The van der Waals surface area contributed by atoms with E-state index < -0.39 is 10.0 Å². The Morgan fingerprint density at radius 2 is 1.95 bits per heavy atom. The highest BCUT2D eigenvalue weighted by Gasteiger charge is 2.17. The molecule has 1 rings (SSSR count). The Morgan fingerprint density at radius 3 is 2.55 bits per heavy atom. The fraction of sp³-hybridized carbons (Fsp3) is 0.571. The second kappa shape index (κ2) is 7.73. The second-order valence-corrected chi connectivity index (χ2v) is 6.43. The molecule has 0 aromatic heterocycles. The highest BCUT2D eigenvalue weighted by molar-refractivity contribution is 7.89. The lowest BCUT2D eigenvalue weighted by Gasteiger charge is -2.12. The number of rotatable bonds is 8. The zero-order valence-electron chi connectivity index (χ0n) is 12.4. The van der Waals surface area contributed by atoms with Crippen LogP contribution in [0.3, 0.4) is 0 Å². The van der Waals surface area contributed by atoms with Crippen molar-refractivity contribution in [2.24, 2.45) is 5.73 Å². The maximum atomic E-state index is 12.3. The van der Waals surface area contributed by atoms with E-state index in [-0.39, 0.29) is 0 Å². The lowest BCUT2D eigenvalue weighted by atomic mass is 10.1. The first-order valence-electron chi connectivity index (χ1n) is 6.80. The smallest absolute Gasteiger partial charge is 0.240 e. The zero-order valence-corrected chi connectivity index (χ0v) is 13.2. The second-order valence-electron chi connectivity index (χ2n) is 4.70. The van der Waals surface area contributed by atoms with Gasteiger partial charge in [0, 0.05) is 26.3 Å². The molecule has 0 radical (unpaired) electrons. The van der Waals surface area contributed by atoms with Crippen molar-refractivity contribution in [3.05, 3.63) is 28.8 Å². The summed E-state index contributed by atoms with van der Waals surface area (Å²) in [5.74, 6) is 0. The Labute approximate surface area is 121 Å². The summed E-state index contributed by atoms with van der Waals surface area (Å²) in [4.78, 5) is 0.306. The Hall–Kier alpha value is -0.950. The molecule has 20 heavy (non-hydrogen) atoms. The maximum Gasteiger partial charge on any atom is 0.240 e. The van der Waals surface area contributed by atoms with E-state index in [1.807, 2.05) is 19.9 Å². The van der Waals surface area contributed by atoms with E-state index in [0.717, 1.165) is 16.7 Å². The molecule has 0 atom stereocenters. The first-order valence-corrected chi connectivity index (χ1v) is 8.28. The van der Waals surface area contributed by atoms with Crippen molar-refractivity contribution >= 4 is 10.0 Å². The molecule has 0 saturated carbocycles. The van der Waals surface area contributed by atoms with Crippen LogP contribution in [0.2, 0.25) is 0 Å². The summed E-state index contributed by atoms with van der Waals surface area (Å²) in [5.41, 5.74) is 8.24. The first kappa shape index (κ1) is 17.1. The summed E-state index contributed by atoms with van der Waals surface area (Å²) in [5, 5.41) is 0. The van der Waals surface area contributed by atoms with Crippen molar-refractivity contribution in [2.75, 3.05) is 19.8 Å². The van der Waals surface area contributed by atoms with Crippen molar-refractivity contribution in [1.29, 1.82) is 0 Å². The van der Waals surface area contributed by atoms with Crippen LogP contribution in [0, 0.1) is 13.8 Å². The SMILES string of the molecule is CCOCCCNS(=O)(=O)c1cc(CN)c(C)cc1C. The molecule has 0 amide bonds. The molecule has 0 aliphatic heterocycles. The van der Waals surface area contributed by atoms with Gasteiger partial charge in [0.1, 0.15) is 0 Å². The van der Waals surface area contributed by atoms with E-state index in [1.165, 1.54) is 0 Å². The first-order chi connectivity index (χ1) is 9.42. The Morgan fingerprint density at radius 1 is 1.25 bits per heavy atom. The van der Waals surface area contributed by atoms with Gasteiger partial charge in [0.05, 0.1) is 4.90 Å². The van der Waals surface area contributed by atoms with Gasteiger partial charge in [0.15, 0.2) is 0 Å². The third-order valence-corrected chi connectivity index (χ3v) is 4.71. The Kier molecular flexibility index (Phi) is 6.61. The van der Waals surface area contributed by atoms with Crippen LogP contribution >= 0.6 is 0 Å². The number of sulfonamides is 1. The van der Waals surface area contributed by atoms with Crippen molar-refractivity contribution in [2.45, 2.75) is 38.6 Å². The molecule has 1 aromatic carbocycles. The van der Waals surface area contributed by atoms with E-state index in [0.29, 0.717) is 37.6 Å². The normalized spacial score (nSPS) is 11.8. The number of benzene rings is 1. The summed E-state index contributed by atoms with van der Waals surface area (Å²) >= 11 is 0. The molecule has 0 unspecified atom stereocenters. The van der Waals surface area contributed by atoms with Crippen molar-refractivity contribution < 1.29 is 13.2 Å². The van der Waals surface area contributed by atoms with Crippen LogP contribution in [0.15, 0.2) is 17.0 Å². The lowest BCUT2D eigenvalue weighted by Crippen LogP contribution is -2.26. The third kappa shape index (κ3) is 4.56. The molecule has 114 valence electrons. The van der Waals surface area contributed by atoms with Crippen LogP contribution in [0.25, 0.3) is 0 Å². The summed E-state index contributed by atoms with van der Waals surface area (Å²) in [6, 6.07) is 3.52. The summed E-state index contributed by atoms with van der Waals surface area (Å²) in [6.07, 6.45) is 0.654. The fourth-order valence-corrected chi connectivity index (χ4v) is 3.34. The van der Waals surface area contributed by atoms with E-state index >= 15 is 0 Å².